The lowest BCUT2D eigenvalue weighted by molar-refractivity contribution is 0.0171. The summed E-state index contributed by atoms with van der Waals surface area (Å²) >= 11 is 5.41. The van der Waals surface area contributed by atoms with Crippen molar-refractivity contribution < 1.29 is 14.6 Å². The van der Waals surface area contributed by atoms with Crippen molar-refractivity contribution in [2.75, 3.05) is 11.6 Å². The Labute approximate surface area is 91.5 Å². The summed E-state index contributed by atoms with van der Waals surface area (Å²) in [7, 11) is 0. The normalized spacial score (nSPS) is 14.9. The zero-order valence-corrected chi connectivity index (χ0v) is 8.65. The summed E-state index contributed by atoms with van der Waals surface area (Å²) in [5.41, 5.74) is 5.52. The molecule has 2 atom stereocenters. The van der Waals surface area contributed by atoms with Crippen LogP contribution in [0.2, 0.25) is 0 Å². The van der Waals surface area contributed by atoms with Gasteiger partial charge in [-0.15, -0.1) is 11.6 Å². The van der Waals surface area contributed by atoms with E-state index >= 15 is 0 Å². The van der Waals surface area contributed by atoms with Crippen LogP contribution in [0.1, 0.15) is 18.1 Å². The van der Waals surface area contributed by atoms with Crippen LogP contribution < -0.4 is 5.73 Å². The highest BCUT2D eigenvalue weighted by molar-refractivity contribution is 6.17. The van der Waals surface area contributed by atoms with Crippen LogP contribution in [-0.4, -0.2) is 27.2 Å². The second-order valence-corrected chi connectivity index (χ2v) is 3.50. The summed E-state index contributed by atoms with van der Waals surface area (Å²) in [4.78, 5) is 3.54. The minimum Gasteiger partial charge on any atom is -0.390 e. The van der Waals surface area contributed by atoms with Crippen molar-refractivity contribution in [1.82, 2.24) is 4.98 Å². The van der Waals surface area contributed by atoms with Crippen LogP contribution in [0, 0.1) is 5.82 Å². The number of aliphatic hydroxyl groups excluding tert-OH is 2. The van der Waals surface area contributed by atoms with Gasteiger partial charge in [-0.3, -0.25) is 0 Å². The van der Waals surface area contributed by atoms with Gasteiger partial charge in [-0.25, -0.2) is 9.37 Å². The van der Waals surface area contributed by atoms with Crippen LogP contribution >= 0.6 is 11.6 Å². The lowest BCUT2D eigenvalue weighted by Gasteiger charge is -2.18. The van der Waals surface area contributed by atoms with Crippen molar-refractivity contribution in [2.45, 2.75) is 18.6 Å². The lowest BCUT2D eigenvalue weighted by Crippen LogP contribution is -2.20. The second kappa shape index (κ2) is 5.25. The first-order valence-electron chi connectivity index (χ1n) is 4.39. The maximum Gasteiger partial charge on any atom is 0.142 e. The van der Waals surface area contributed by atoms with Gasteiger partial charge in [0.1, 0.15) is 17.7 Å². The van der Waals surface area contributed by atoms with Gasteiger partial charge in [0, 0.05) is 11.4 Å². The Balaban J connectivity index is 2.89. The smallest absolute Gasteiger partial charge is 0.142 e. The van der Waals surface area contributed by atoms with Crippen LogP contribution in [0.4, 0.5) is 10.2 Å². The third kappa shape index (κ3) is 3.02. The molecule has 15 heavy (non-hydrogen) atoms. The summed E-state index contributed by atoms with van der Waals surface area (Å²) in [6, 6.07) is 1.05. The molecule has 2 unspecified atom stereocenters. The molecule has 0 bridgehead atoms. The molecule has 0 saturated carbocycles. The molecule has 0 radical (unpaired) electrons. The molecule has 4 nitrogen and oxygen atoms in total. The number of pyridine rings is 1. The monoisotopic (exact) mass is 234 g/mol. The van der Waals surface area contributed by atoms with Gasteiger partial charge < -0.3 is 15.9 Å². The molecular formula is C9H12ClFN2O2. The van der Waals surface area contributed by atoms with Crippen molar-refractivity contribution in [2.24, 2.45) is 0 Å². The van der Waals surface area contributed by atoms with Crippen molar-refractivity contribution in [3.8, 4) is 0 Å². The SMILES string of the molecule is Nc1ncc(F)cc1C(O)C(O)CCCl. The Hall–Kier alpha value is -0.910. The number of halogens is 2. The van der Waals surface area contributed by atoms with Gasteiger partial charge >= 0.3 is 0 Å². The van der Waals surface area contributed by atoms with Gasteiger partial charge in [-0.2, -0.15) is 0 Å². The number of hydrogen-bond acceptors (Lipinski definition) is 4. The number of aromatic nitrogens is 1. The Morgan fingerprint density at radius 2 is 2.20 bits per heavy atom. The largest absolute Gasteiger partial charge is 0.390 e. The average Bonchev–Trinajstić information content (AvgIpc) is 2.21. The number of rotatable bonds is 4. The van der Waals surface area contributed by atoms with Crippen LogP contribution in [-0.2, 0) is 0 Å². The van der Waals surface area contributed by atoms with E-state index in [-0.39, 0.29) is 23.7 Å². The molecule has 0 spiro atoms. The van der Waals surface area contributed by atoms with Crippen molar-refractivity contribution in [1.29, 1.82) is 0 Å². The molecule has 4 N–H and O–H groups in total. The summed E-state index contributed by atoms with van der Waals surface area (Å²) in [5.74, 6) is -0.421. The molecule has 0 fully saturated rings. The molecule has 1 rings (SSSR count). The van der Waals surface area contributed by atoms with Crippen LogP contribution in [0.25, 0.3) is 0 Å². The molecule has 0 aliphatic rings. The first-order chi connectivity index (χ1) is 7.06. The van der Waals surface area contributed by atoms with Gasteiger partial charge in [0.2, 0.25) is 0 Å². The summed E-state index contributed by atoms with van der Waals surface area (Å²) in [6.45, 7) is 0. The standard InChI is InChI=1S/C9H12ClFN2O2/c10-2-1-7(14)8(15)6-3-5(11)4-13-9(6)12/h3-4,7-8,14-15H,1-2H2,(H2,12,13). The molecule has 1 heterocycles. The van der Waals surface area contributed by atoms with E-state index in [9.17, 15) is 14.6 Å². The zero-order valence-electron chi connectivity index (χ0n) is 7.90. The third-order valence-electron chi connectivity index (χ3n) is 2.00. The van der Waals surface area contributed by atoms with E-state index < -0.39 is 18.0 Å². The van der Waals surface area contributed by atoms with Gasteiger partial charge in [0.25, 0.3) is 0 Å². The van der Waals surface area contributed by atoms with Crippen LogP contribution in [0.15, 0.2) is 12.3 Å². The minimum absolute atomic E-state index is 0.00229. The zero-order chi connectivity index (χ0) is 11.4. The average molecular weight is 235 g/mol. The number of anilines is 1. The van der Waals surface area contributed by atoms with E-state index in [2.05, 4.69) is 4.98 Å². The van der Waals surface area contributed by atoms with Crippen LogP contribution in [0.5, 0.6) is 0 Å². The Bertz CT molecular complexity index is 338. The van der Waals surface area contributed by atoms with E-state index in [0.29, 0.717) is 0 Å². The Kier molecular flexibility index (Phi) is 4.26. The number of hydrogen-bond donors (Lipinski definition) is 3. The molecule has 0 aromatic carbocycles. The van der Waals surface area contributed by atoms with Crippen molar-refractivity contribution >= 4 is 17.4 Å². The summed E-state index contributed by atoms with van der Waals surface area (Å²) in [6.07, 6.45) is -1.21. The molecule has 6 heteroatoms. The molecule has 0 saturated heterocycles. The van der Waals surface area contributed by atoms with E-state index in [0.717, 1.165) is 12.3 Å². The highest BCUT2D eigenvalue weighted by atomic mass is 35.5. The lowest BCUT2D eigenvalue weighted by atomic mass is 10.0. The van der Waals surface area contributed by atoms with E-state index in [1.165, 1.54) is 0 Å². The summed E-state index contributed by atoms with van der Waals surface area (Å²) in [5, 5.41) is 19.1. The van der Waals surface area contributed by atoms with Gasteiger partial charge in [-0.05, 0) is 12.5 Å². The van der Waals surface area contributed by atoms with Crippen molar-refractivity contribution in [3.63, 3.8) is 0 Å². The molecule has 0 aliphatic carbocycles. The topological polar surface area (TPSA) is 79.4 Å². The molecule has 84 valence electrons. The quantitative estimate of drug-likeness (QED) is 0.674. The number of nitrogens with zero attached hydrogens (tertiary/aromatic N) is 1. The number of aliphatic hydroxyl groups is 2. The molecule has 1 aromatic rings. The second-order valence-electron chi connectivity index (χ2n) is 3.12. The number of nitrogens with two attached hydrogens (primary N) is 1. The predicted molar refractivity (Wildman–Crippen MR) is 54.9 cm³/mol. The fourth-order valence-electron chi connectivity index (χ4n) is 1.18. The van der Waals surface area contributed by atoms with Gasteiger partial charge in [0.05, 0.1) is 12.3 Å². The first kappa shape index (κ1) is 12.2. The Morgan fingerprint density at radius 1 is 1.53 bits per heavy atom. The first-order valence-corrected chi connectivity index (χ1v) is 4.92. The highest BCUT2D eigenvalue weighted by Gasteiger charge is 2.21. The van der Waals surface area contributed by atoms with E-state index in [4.69, 9.17) is 17.3 Å². The highest BCUT2D eigenvalue weighted by Crippen LogP contribution is 2.23. The van der Waals surface area contributed by atoms with E-state index in [1.54, 1.807) is 0 Å². The number of alkyl halides is 1. The van der Waals surface area contributed by atoms with Crippen molar-refractivity contribution in [3.05, 3.63) is 23.6 Å². The molecule has 0 amide bonds. The predicted octanol–water partition coefficient (Wildman–Crippen LogP) is 0.826. The number of nitrogen functional groups attached to an aromatic ring is 1. The fraction of sp³-hybridized carbons (Fsp3) is 0.444. The van der Waals surface area contributed by atoms with Gasteiger partial charge in [-0.1, -0.05) is 0 Å². The summed E-state index contributed by atoms with van der Waals surface area (Å²) < 4.78 is 12.8. The third-order valence-corrected chi connectivity index (χ3v) is 2.22. The molecular weight excluding hydrogens is 223 g/mol. The molecule has 1 aromatic heterocycles. The fourth-order valence-corrected chi connectivity index (χ4v) is 1.40. The Morgan fingerprint density at radius 3 is 2.80 bits per heavy atom. The van der Waals surface area contributed by atoms with E-state index in [1.807, 2.05) is 0 Å². The maximum absolute atomic E-state index is 12.8. The van der Waals surface area contributed by atoms with Crippen LogP contribution in [0.3, 0.4) is 0 Å². The maximum atomic E-state index is 12.8. The molecule has 0 aliphatic heterocycles. The minimum atomic E-state index is -1.27. The van der Waals surface area contributed by atoms with Gasteiger partial charge in [0.15, 0.2) is 0 Å².